The van der Waals surface area contributed by atoms with E-state index in [4.69, 9.17) is 9.84 Å². The van der Waals surface area contributed by atoms with Crippen molar-refractivity contribution in [1.29, 1.82) is 0 Å². The fourth-order valence-corrected chi connectivity index (χ4v) is 1.38. The Morgan fingerprint density at radius 3 is 2.93 bits per heavy atom. The Balaban J connectivity index is 2.91. The van der Waals surface area contributed by atoms with Crippen molar-refractivity contribution in [3.05, 3.63) is 28.4 Å². The molecule has 0 atom stereocenters. The molecule has 14 heavy (non-hydrogen) atoms. The Labute approximate surface area is 89.4 Å². The lowest BCUT2D eigenvalue weighted by molar-refractivity contribution is -0.131. The third-order valence-corrected chi connectivity index (χ3v) is 2.01. The second-order valence-corrected chi connectivity index (χ2v) is 3.29. The number of methoxy groups -OCH3 is 1. The van der Waals surface area contributed by atoms with E-state index in [1.54, 1.807) is 6.07 Å². The molecule has 0 aliphatic heterocycles. The quantitative estimate of drug-likeness (QED) is 0.842. The van der Waals surface area contributed by atoms with E-state index in [1.807, 2.05) is 0 Å². The fourth-order valence-electron chi connectivity index (χ4n) is 0.849. The van der Waals surface area contributed by atoms with Gasteiger partial charge in [-0.2, -0.15) is 0 Å². The molecule has 0 saturated heterocycles. The summed E-state index contributed by atoms with van der Waals surface area (Å²) in [6, 6.07) is 1.73. The molecular weight excluding hydrogens is 250 g/mol. The Morgan fingerprint density at radius 2 is 2.43 bits per heavy atom. The van der Waals surface area contributed by atoms with Crippen LogP contribution in [0, 0.1) is 0 Å². The zero-order valence-electron chi connectivity index (χ0n) is 7.40. The molecule has 0 aliphatic carbocycles. The first-order valence-corrected chi connectivity index (χ1v) is 4.53. The van der Waals surface area contributed by atoms with Crippen LogP contribution in [-0.2, 0) is 4.79 Å². The first kappa shape index (κ1) is 10.7. The van der Waals surface area contributed by atoms with Gasteiger partial charge in [-0.25, -0.2) is 9.78 Å². The zero-order chi connectivity index (χ0) is 10.6. The lowest BCUT2D eigenvalue weighted by Gasteiger charge is -2.01. The molecule has 0 amide bonds. The highest BCUT2D eigenvalue weighted by atomic mass is 79.9. The molecule has 5 heteroatoms. The topological polar surface area (TPSA) is 59.4 Å². The van der Waals surface area contributed by atoms with Gasteiger partial charge in [-0.3, -0.25) is 0 Å². The van der Waals surface area contributed by atoms with Gasteiger partial charge < -0.3 is 9.84 Å². The molecule has 74 valence electrons. The SMILES string of the molecule is COc1ncc(/C=C/C(=O)O)cc1Br. The van der Waals surface area contributed by atoms with Crippen LogP contribution in [0.2, 0.25) is 0 Å². The highest BCUT2D eigenvalue weighted by Crippen LogP contribution is 2.22. The number of hydrogen-bond donors (Lipinski definition) is 1. The molecule has 0 radical (unpaired) electrons. The van der Waals surface area contributed by atoms with Gasteiger partial charge >= 0.3 is 5.97 Å². The maximum Gasteiger partial charge on any atom is 0.328 e. The lowest BCUT2D eigenvalue weighted by atomic mass is 10.2. The van der Waals surface area contributed by atoms with Crippen molar-refractivity contribution in [2.75, 3.05) is 7.11 Å². The maximum atomic E-state index is 10.2. The van der Waals surface area contributed by atoms with Crippen LogP contribution in [0.25, 0.3) is 6.08 Å². The first-order valence-electron chi connectivity index (χ1n) is 3.74. The van der Waals surface area contributed by atoms with Crippen molar-refractivity contribution in [3.63, 3.8) is 0 Å². The number of nitrogens with zero attached hydrogens (tertiary/aromatic N) is 1. The monoisotopic (exact) mass is 257 g/mol. The fraction of sp³-hybridized carbons (Fsp3) is 0.111. The molecule has 0 aliphatic rings. The van der Waals surface area contributed by atoms with Crippen molar-refractivity contribution < 1.29 is 14.6 Å². The normalized spacial score (nSPS) is 10.4. The second kappa shape index (κ2) is 4.76. The van der Waals surface area contributed by atoms with Gasteiger partial charge in [-0.15, -0.1) is 0 Å². The van der Waals surface area contributed by atoms with Crippen LogP contribution < -0.4 is 4.74 Å². The van der Waals surface area contributed by atoms with Crippen molar-refractivity contribution in [3.8, 4) is 5.88 Å². The number of carboxylic acids is 1. The molecular formula is C9H8BrNO3. The van der Waals surface area contributed by atoms with Gasteiger partial charge in [0.15, 0.2) is 0 Å². The summed E-state index contributed by atoms with van der Waals surface area (Å²) in [5, 5.41) is 8.40. The van der Waals surface area contributed by atoms with E-state index in [0.717, 1.165) is 6.08 Å². The van der Waals surface area contributed by atoms with Crippen LogP contribution in [-0.4, -0.2) is 23.2 Å². The highest BCUT2D eigenvalue weighted by molar-refractivity contribution is 9.10. The summed E-state index contributed by atoms with van der Waals surface area (Å²) in [6.45, 7) is 0. The summed E-state index contributed by atoms with van der Waals surface area (Å²) in [6.07, 6.45) is 4.04. The minimum absolute atomic E-state index is 0.470. The minimum Gasteiger partial charge on any atom is -0.480 e. The number of halogens is 1. The Bertz CT molecular complexity index is 376. The molecule has 0 saturated carbocycles. The zero-order valence-corrected chi connectivity index (χ0v) is 8.98. The van der Waals surface area contributed by atoms with Crippen LogP contribution >= 0.6 is 15.9 Å². The van der Waals surface area contributed by atoms with Gasteiger partial charge in [-0.05, 0) is 33.6 Å². The molecule has 1 rings (SSSR count). The Morgan fingerprint density at radius 1 is 1.71 bits per heavy atom. The van der Waals surface area contributed by atoms with E-state index in [1.165, 1.54) is 19.4 Å². The standard InChI is InChI=1S/C9H8BrNO3/c1-14-9-7(10)4-6(5-11-9)2-3-8(12)13/h2-5H,1H3,(H,12,13)/b3-2+. The predicted octanol–water partition coefficient (Wildman–Crippen LogP) is 1.95. The van der Waals surface area contributed by atoms with Gasteiger partial charge in [0.1, 0.15) is 0 Å². The third kappa shape index (κ3) is 2.85. The summed E-state index contributed by atoms with van der Waals surface area (Å²) in [7, 11) is 1.51. The van der Waals surface area contributed by atoms with Gasteiger partial charge in [0.25, 0.3) is 0 Å². The average molecular weight is 258 g/mol. The van der Waals surface area contributed by atoms with Crippen molar-refractivity contribution >= 4 is 28.0 Å². The van der Waals surface area contributed by atoms with Crippen LogP contribution in [0.15, 0.2) is 22.8 Å². The molecule has 1 N–H and O–H groups in total. The number of ether oxygens (including phenoxy) is 1. The molecule has 1 aromatic rings. The summed E-state index contributed by atoms with van der Waals surface area (Å²) in [5.41, 5.74) is 0.695. The number of hydrogen-bond acceptors (Lipinski definition) is 3. The summed E-state index contributed by atoms with van der Waals surface area (Å²) < 4.78 is 5.61. The summed E-state index contributed by atoms with van der Waals surface area (Å²) in [5.74, 6) is -0.519. The molecule has 0 bridgehead atoms. The molecule has 0 aromatic carbocycles. The number of aromatic nitrogens is 1. The number of carboxylic acid groups (broad SMARTS) is 1. The Hall–Kier alpha value is -1.36. The van der Waals surface area contributed by atoms with E-state index < -0.39 is 5.97 Å². The van der Waals surface area contributed by atoms with Gasteiger partial charge in [0, 0.05) is 12.3 Å². The molecule has 1 heterocycles. The van der Waals surface area contributed by atoms with E-state index in [2.05, 4.69) is 20.9 Å². The lowest BCUT2D eigenvalue weighted by Crippen LogP contribution is -1.90. The smallest absolute Gasteiger partial charge is 0.328 e. The number of carbonyl (C=O) groups is 1. The molecule has 0 spiro atoms. The second-order valence-electron chi connectivity index (χ2n) is 2.43. The molecule has 0 unspecified atom stereocenters. The highest BCUT2D eigenvalue weighted by Gasteiger charge is 2.00. The van der Waals surface area contributed by atoms with Crippen molar-refractivity contribution in [2.45, 2.75) is 0 Å². The summed E-state index contributed by atoms with van der Waals surface area (Å²) in [4.78, 5) is 14.2. The van der Waals surface area contributed by atoms with Crippen LogP contribution in [0.4, 0.5) is 0 Å². The molecule has 4 nitrogen and oxygen atoms in total. The predicted molar refractivity (Wildman–Crippen MR) is 55.2 cm³/mol. The van der Waals surface area contributed by atoms with Crippen LogP contribution in [0.3, 0.4) is 0 Å². The Kier molecular flexibility index (Phi) is 3.64. The van der Waals surface area contributed by atoms with E-state index in [0.29, 0.717) is 15.9 Å². The van der Waals surface area contributed by atoms with E-state index in [-0.39, 0.29) is 0 Å². The first-order chi connectivity index (χ1) is 6.63. The number of aliphatic carboxylic acids is 1. The third-order valence-electron chi connectivity index (χ3n) is 1.44. The summed E-state index contributed by atoms with van der Waals surface area (Å²) >= 11 is 3.25. The van der Waals surface area contributed by atoms with Crippen molar-refractivity contribution in [2.24, 2.45) is 0 Å². The van der Waals surface area contributed by atoms with Gasteiger partial charge in [0.05, 0.1) is 11.6 Å². The van der Waals surface area contributed by atoms with Crippen LogP contribution in [0.1, 0.15) is 5.56 Å². The van der Waals surface area contributed by atoms with E-state index in [9.17, 15) is 4.79 Å². The largest absolute Gasteiger partial charge is 0.480 e. The minimum atomic E-state index is -0.989. The maximum absolute atomic E-state index is 10.2. The average Bonchev–Trinajstić information content (AvgIpc) is 2.15. The number of rotatable bonds is 3. The number of pyridine rings is 1. The van der Waals surface area contributed by atoms with Gasteiger partial charge in [-0.1, -0.05) is 0 Å². The molecule has 1 aromatic heterocycles. The van der Waals surface area contributed by atoms with Gasteiger partial charge in [0.2, 0.25) is 5.88 Å². The van der Waals surface area contributed by atoms with E-state index >= 15 is 0 Å². The van der Waals surface area contributed by atoms with Crippen LogP contribution in [0.5, 0.6) is 5.88 Å². The molecule has 0 fully saturated rings. The van der Waals surface area contributed by atoms with Crippen molar-refractivity contribution in [1.82, 2.24) is 4.98 Å².